The highest BCUT2D eigenvalue weighted by atomic mass is 19.1. The fourth-order valence-electron chi connectivity index (χ4n) is 1.79. The van der Waals surface area contributed by atoms with Crippen LogP contribution in [0.4, 0.5) is 4.39 Å². The summed E-state index contributed by atoms with van der Waals surface area (Å²) in [4.78, 5) is 0. The standard InChI is InChI=1S/C13H19F.C2H6/c1-3-5-6-11(4-2)12-7-9-13(14)10-8-12;1-2/h7-11H,3-6H2,1-2H3;1-2H3. The molecule has 0 aliphatic carbocycles. The zero-order valence-corrected chi connectivity index (χ0v) is 11.1. The second-order valence-electron chi connectivity index (χ2n) is 3.80. The van der Waals surface area contributed by atoms with Gasteiger partial charge in [-0.2, -0.15) is 0 Å². The molecule has 0 saturated heterocycles. The molecule has 0 aliphatic rings. The first kappa shape index (κ1) is 15.2. The first-order chi connectivity index (χ1) is 7.77. The molecule has 0 heterocycles. The van der Waals surface area contributed by atoms with Gasteiger partial charge in [0.25, 0.3) is 0 Å². The van der Waals surface area contributed by atoms with E-state index in [1.165, 1.54) is 24.8 Å². The molecule has 0 radical (unpaired) electrons. The Labute approximate surface area is 99.9 Å². The smallest absolute Gasteiger partial charge is 0.123 e. The van der Waals surface area contributed by atoms with Gasteiger partial charge < -0.3 is 0 Å². The van der Waals surface area contributed by atoms with Crippen LogP contribution in [0, 0.1) is 5.82 Å². The van der Waals surface area contributed by atoms with E-state index in [0.29, 0.717) is 5.92 Å². The van der Waals surface area contributed by atoms with Crippen molar-refractivity contribution in [1.29, 1.82) is 0 Å². The summed E-state index contributed by atoms with van der Waals surface area (Å²) in [5.74, 6) is 0.467. The lowest BCUT2D eigenvalue weighted by atomic mass is 9.91. The van der Waals surface area contributed by atoms with Gasteiger partial charge in [-0.05, 0) is 36.5 Å². The minimum atomic E-state index is -0.140. The van der Waals surface area contributed by atoms with Gasteiger partial charge in [0, 0.05) is 0 Å². The summed E-state index contributed by atoms with van der Waals surface area (Å²) in [6, 6.07) is 6.95. The van der Waals surface area contributed by atoms with E-state index in [1.807, 2.05) is 26.0 Å². The van der Waals surface area contributed by atoms with Crippen molar-refractivity contribution in [2.24, 2.45) is 0 Å². The number of hydrogen-bond acceptors (Lipinski definition) is 0. The summed E-state index contributed by atoms with van der Waals surface area (Å²) < 4.78 is 12.7. The Morgan fingerprint density at radius 3 is 2.06 bits per heavy atom. The largest absolute Gasteiger partial charge is 0.207 e. The lowest BCUT2D eigenvalue weighted by molar-refractivity contribution is 0.566. The van der Waals surface area contributed by atoms with Gasteiger partial charge in [0.2, 0.25) is 0 Å². The minimum Gasteiger partial charge on any atom is -0.207 e. The van der Waals surface area contributed by atoms with E-state index < -0.39 is 0 Å². The lowest BCUT2D eigenvalue weighted by Gasteiger charge is -2.14. The van der Waals surface area contributed by atoms with Crippen molar-refractivity contribution in [3.05, 3.63) is 35.6 Å². The normalized spacial score (nSPS) is 11.6. The predicted octanol–water partition coefficient (Wildman–Crippen LogP) is 5.54. The Morgan fingerprint density at radius 2 is 1.62 bits per heavy atom. The van der Waals surface area contributed by atoms with Gasteiger partial charge in [0.1, 0.15) is 5.82 Å². The maximum Gasteiger partial charge on any atom is 0.123 e. The van der Waals surface area contributed by atoms with E-state index >= 15 is 0 Å². The van der Waals surface area contributed by atoms with Gasteiger partial charge in [-0.15, -0.1) is 0 Å². The van der Waals surface area contributed by atoms with E-state index in [2.05, 4.69) is 13.8 Å². The average molecular weight is 224 g/mol. The van der Waals surface area contributed by atoms with E-state index in [9.17, 15) is 4.39 Å². The summed E-state index contributed by atoms with van der Waals surface area (Å²) in [6.45, 7) is 8.40. The second-order valence-corrected chi connectivity index (χ2v) is 3.80. The molecule has 1 unspecified atom stereocenters. The van der Waals surface area contributed by atoms with Gasteiger partial charge in [0.15, 0.2) is 0 Å². The van der Waals surface area contributed by atoms with Gasteiger partial charge in [0.05, 0.1) is 0 Å². The molecule has 1 heteroatoms. The van der Waals surface area contributed by atoms with Gasteiger partial charge in [-0.25, -0.2) is 4.39 Å². The molecule has 0 fully saturated rings. The van der Waals surface area contributed by atoms with Crippen molar-refractivity contribution in [2.75, 3.05) is 0 Å². The number of hydrogen-bond donors (Lipinski definition) is 0. The third-order valence-corrected chi connectivity index (χ3v) is 2.74. The Kier molecular flexibility index (Phi) is 8.88. The molecule has 0 nitrogen and oxygen atoms in total. The summed E-state index contributed by atoms with van der Waals surface area (Å²) in [6.07, 6.45) is 4.86. The molecule has 1 aromatic carbocycles. The SMILES string of the molecule is CC.CCCCC(CC)c1ccc(F)cc1. The molecule has 0 aliphatic heterocycles. The lowest BCUT2D eigenvalue weighted by Crippen LogP contribution is -1.97. The zero-order valence-electron chi connectivity index (χ0n) is 11.1. The minimum absolute atomic E-state index is 0.140. The second kappa shape index (κ2) is 9.38. The molecule has 92 valence electrons. The number of rotatable bonds is 5. The third-order valence-electron chi connectivity index (χ3n) is 2.74. The van der Waals surface area contributed by atoms with E-state index in [4.69, 9.17) is 0 Å². The van der Waals surface area contributed by atoms with Crippen molar-refractivity contribution < 1.29 is 4.39 Å². The number of benzene rings is 1. The Morgan fingerprint density at radius 1 is 1.06 bits per heavy atom. The molecular weight excluding hydrogens is 199 g/mol. The highest BCUT2D eigenvalue weighted by Crippen LogP contribution is 2.25. The fourth-order valence-corrected chi connectivity index (χ4v) is 1.79. The first-order valence-corrected chi connectivity index (χ1v) is 6.53. The van der Waals surface area contributed by atoms with Crippen LogP contribution in [0.2, 0.25) is 0 Å². The van der Waals surface area contributed by atoms with Crippen LogP contribution in [0.25, 0.3) is 0 Å². The maximum absolute atomic E-state index is 12.7. The van der Waals surface area contributed by atoms with Crippen molar-refractivity contribution >= 4 is 0 Å². The van der Waals surface area contributed by atoms with Crippen LogP contribution in [0.1, 0.15) is 64.9 Å². The van der Waals surface area contributed by atoms with Gasteiger partial charge in [-0.1, -0.05) is 52.7 Å². The Balaban J connectivity index is 0.00000106. The quantitative estimate of drug-likeness (QED) is 0.616. The van der Waals surface area contributed by atoms with E-state index in [1.54, 1.807) is 12.1 Å². The van der Waals surface area contributed by atoms with Crippen LogP contribution in [0.15, 0.2) is 24.3 Å². The van der Waals surface area contributed by atoms with Crippen molar-refractivity contribution in [3.63, 3.8) is 0 Å². The van der Waals surface area contributed by atoms with Gasteiger partial charge in [-0.3, -0.25) is 0 Å². The molecule has 0 amide bonds. The molecule has 1 rings (SSSR count). The highest BCUT2D eigenvalue weighted by molar-refractivity contribution is 5.20. The van der Waals surface area contributed by atoms with Crippen molar-refractivity contribution in [2.45, 2.75) is 59.3 Å². The summed E-state index contributed by atoms with van der Waals surface area (Å²) >= 11 is 0. The van der Waals surface area contributed by atoms with Crippen LogP contribution in [-0.4, -0.2) is 0 Å². The zero-order chi connectivity index (χ0) is 12.4. The maximum atomic E-state index is 12.7. The molecule has 0 saturated carbocycles. The van der Waals surface area contributed by atoms with Crippen molar-refractivity contribution in [1.82, 2.24) is 0 Å². The molecule has 0 N–H and O–H groups in total. The molecule has 1 aromatic rings. The van der Waals surface area contributed by atoms with E-state index in [0.717, 1.165) is 6.42 Å². The summed E-state index contributed by atoms with van der Waals surface area (Å²) in [5, 5.41) is 0. The predicted molar refractivity (Wildman–Crippen MR) is 70.3 cm³/mol. The van der Waals surface area contributed by atoms with E-state index in [-0.39, 0.29) is 5.82 Å². The first-order valence-electron chi connectivity index (χ1n) is 6.53. The molecule has 16 heavy (non-hydrogen) atoms. The van der Waals surface area contributed by atoms with Crippen LogP contribution >= 0.6 is 0 Å². The monoisotopic (exact) mass is 224 g/mol. The molecule has 0 spiro atoms. The Hall–Kier alpha value is -0.850. The molecule has 1 atom stereocenters. The molecule has 0 aromatic heterocycles. The number of unbranched alkanes of at least 4 members (excludes halogenated alkanes) is 1. The van der Waals surface area contributed by atoms with Crippen LogP contribution in [-0.2, 0) is 0 Å². The molecular formula is C15H25F. The van der Waals surface area contributed by atoms with Crippen molar-refractivity contribution in [3.8, 4) is 0 Å². The Bertz CT molecular complexity index is 251. The van der Waals surface area contributed by atoms with Crippen LogP contribution in [0.5, 0.6) is 0 Å². The summed E-state index contributed by atoms with van der Waals surface area (Å²) in [7, 11) is 0. The fraction of sp³-hybridized carbons (Fsp3) is 0.600. The summed E-state index contributed by atoms with van der Waals surface area (Å²) in [5.41, 5.74) is 1.28. The van der Waals surface area contributed by atoms with Gasteiger partial charge >= 0.3 is 0 Å². The highest BCUT2D eigenvalue weighted by Gasteiger charge is 2.08. The average Bonchev–Trinajstić information content (AvgIpc) is 2.35. The number of halogens is 1. The van der Waals surface area contributed by atoms with Crippen LogP contribution < -0.4 is 0 Å². The topological polar surface area (TPSA) is 0 Å². The third kappa shape index (κ3) is 5.29. The van der Waals surface area contributed by atoms with Crippen LogP contribution in [0.3, 0.4) is 0 Å². The molecule has 0 bridgehead atoms.